The number of piperidine rings is 1. The second-order valence-corrected chi connectivity index (χ2v) is 11.9. The number of hydrogen-bond donors (Lipinski definition) is 3. The van der Waals surface area contributed by atoms with Gasteiger partial charge in [0.25, 0.3) is 0 Å². The molecule has 2 aliphatic rings. The SMILES string of the molecule is Cc1c(-c2[nH]c3sc([C@@H]4CC5C[C@H]4CN5C(CO)CO)c(C)c3c2C(C)C)cn2ncnc2c1C. The van der Waals surface area contributed by atoms with E-state index in [4.69, 9.17) is 0 Å². The molecular weight excluding hydrogens is 458 g/mol. The standard InChI is InChI=1S/C27H35N5O2S/c1-13(2)22-23-16(5)25(20-7-18-6-17(20)8-31(18)19(10-33)11-34)35-27(23)30-24(22)21-9-32-26(28-12-29-32)15(4)14(21)3/h9,12-13,17-20,30,33-34H,6-8,10-11H2,1-5H3/t17-,18?,20+/m0/s1. The Morgan fingerprint density at radius 3 is 2.54 bits per heavy atom. The zero-order valence-corrected chi connectivity index (χ0v) is 22.0. The van der Waals surface area contributed by atoms with Gasteiger partial charge in [-0.2, -0.15) is 5.10 Å². The maximum atomic E-state index is 9.68. The summed E-state index contributed by atoms with van der Waals surface area (Å²) < 4.78 is 1.89. The normalized spacial score (nSPS) is 22.7. The van der Waals surface area contributed by atoms with E-state index in [1.807, 2.05) is 15.9 Å². The number of thiophene rings is 1. The number of aliphatic hydroxyl groups excluding tert-OH is 2. The highest BCUT2D eigenvalue weighted by molar-refractivity contribution is 7.19. The number of aromatic nitrogens is 4. The van der Waals surface area contributed by atoms with Gasteiger partial charge in [0.15, 0.2) is 5.65 Å². The van der Waals surface area contributed by atoms with Gasteiger partial charge in [-0.25, -0.2) is 9.50 Å². The molecule has 0 amide bonds. The molecule has 3 atom stereocenters. The molecule has 0 aromatic carbocycles. The van der Waals surface area contributed by atoms with Crippen molar-refractivity contribution in [1.82, 2.24) is 24.5 Å². The number of fused-ring (bicyclic) bond motifs is 4. The Labute approximate surface area is 209 Å². The number of aliphatic hydroxyl groups is 2. The van der Waals surface area contributed by atoms with E-state index < -0.39 is 0 Å². The van der Waals surface area contributed by atoms with Gasteiger partial charge < -0.3 is 15.2 Å². The largest absolute Gasteiger partial charge is 0.395 e. The van der Waals surface area contributed by atoms with E-state index in [1.165, 1.54) is 55.0 Å². The van der Waals surface area contributed by atoms with E-state index in [9.17, 15) is 10.2 Å². The van der Waals surface area contributed by atoms with Crippen LogP contribution < -0.4 is 0 Å². The van der Waals surface area contributed by atoms with Gasteiger partial charge >= 0.3 is 0 Å². The predicted molar refractivity (Wildman–Crippen MR) is 140 cm³/mol. The predicted octanol–water partition coefficient (Wildman–Crippen LogP) is 4.52. The van der Waals surface area contributed by atoms with Crippen molar-refractivity contribution in [3.05, 3.63) is 39.7 Å². The molecule has 7 nitrogen and oxygen atoms in total. The molecule has 3 N–H and O–H groups in total. The lowest BCUT2D eigenvalue weighted by molar-refractivity contribution is 0.0497. The van der Waals surface area contributed by atoms with E-state index in [-0.39, 0.29) is 19.3 Å². The molecule has 1 aliphatic carbocycles. The average Bonchev–Trinajstić information content (AvgIpc) is 3.64. The van der Waals surface area contributed by atoms with Gasteiger partial charge in [0.05, 0.1) is 24.9 Å². The van der Waals surface area contributed by atoms with Crippen LogP contribution in [0.5, 0.6) is 0 Å². The fourth-order valence-corrected chi connectivity index (χ4v) is 8.30. The Morgan fingerprint density at radius 2 is 1.89 bits per heavy atom. The van der Waals surface area contributed by atoms with Crippen molar-refractivity contribution in [3.8, 4) is 11.3 Å². The van der Waals surface area contributed by atoms with Crippen LogP contribution in [-0.4, -0.2) is 66.5 Å². The highest BCUT2D eigenvalue weighted by Crippen LogP contribution is 2.53. The zero-order chi connectivity index (χ0) is 24.6. The first-order valence-corrected chi connectivity index (χ1v) is 13.6. The average molecular weight is 494 g/mol. The summed E-state index contributed by atoms with van der Waals surface area (Å²) in [6.45, 7) is 12.2. The van der Waals surface area contributed by atoms with Crippen molar-refractivity contribution in [2.45, 2.75) is 71.4 Å². The molecule has 35 heavy (non-hydrogen) atoms. The maximum absolute atomic E-state index is 9.68. The van der Waals surface area contributed by atoms with Crippen LogP contribution in [0.25, 0.3) is 27.1 Å². The lowest BCUT2D eigenvalue weighted by atomic mass is 9.88. The molecule has 2 bridgehead atoms. The van der Waals surface area contributed by atoms with E-state index in [2.05, 4.69) is 60.8 Å². The molecule has 1 aliphatic heterocycles. The van der Waals surface area contributed by atoms with Crippen molar-refractivity contribution in [1.29, 1.82) is 0 Å². The minimum atomic E-state index is -0.117. The van der Waals surface area contributed by atoms with Crippen molar-refractivity contribution in [2.24, 2.45) is 5.92 Å². The van der Waals surface area contributed by atoms with Gasteiger partial charge in [-0.15, -0.1) is 11.3 Å². The number of aromatic amines is 1. The lowest BCUT2D eigenvalue weighted by Crippen LogP contribution is -2.46. The number of likely N-dealkylation sites (tertiary alicyclic amines) is 1. The third kappa shape index (κ3) is 3.34. The Morgan fingerprint density at radius 1 is 1.11 bits per heavy atom. The molecular formula is C27H35N5O2S. The molecule has 1 saturated carbocycles. The van der Waals surface area contributed by atoms with Crippen LogP contribution in [0, 0.1) is 26.7 Å². The molecule has 0 radical (unpaired) electrons. The molecule has 4 aromatic heterocycles. The summed E-state index contributed by atoms with van der Waals surface area (Å²) in [4.78, 5) is 13.4. The third-order valence-electron chi connectivity index (χ3n) is 8.75. The van der Waals surface area contributed by atoms with Crippen molar-refractivity contribution < 1.29 is 10.2 Å². The summed E-state index contributed by atoms with van der Waals surface area (Å²) in [6.07, 6.45) is 6.03. The van der Waals surface area contributed by atoms with E-state index in [1.54, 1.807) is 6.33 Å². The first kappa shape index (κ1) is 23.2. The van der Waals surface area contributed by atoms with Crippen LogP contribution in [0.1, 0.15) is 65.7 Å². The summed E-state index contributed by atoms with van der Waals surface area (Å²) in [7, 11) is 0. The fourth-order valence-electron chi connectivity index (χ4n) is 6.87. The molecule has 1 unspecified atom stereocenters. The minimum Gasteiger partial charge on any atom is -0.395 e. The molecule has 186 valence electrons. The highest BCUT2D eigenvalue weighted by Gasteiger charge is 2.48. The van der Waals surface area contributed by atoms with Crippen molar-refractivity contribution >= 4 is 27.2 Å². The van der Waals surface area contributed by atoms with Crippen LogP contribution >= 0.6 is 11.3 Å². The van der Waals surface area contributed by atoms with Gasteiger partial charge in [0, 0.05) is 34.6 Å². The number of hydrogen-bond acceptors (Lipinski definition) is 6. The molecule has 5 heterocycles. The summed E-state index contributed by atoms with van der Waals surface area (Å²) in [6, 6.07) is 0.350. The second-order valence-electron chi connectivity index (χ2n) is 10.9. The van der Waals surface area contributed by atoms with E-state index >= 15 is 0 Å². The van der Waals surface area contributed by atoms with Gasteiger partial charge in [-0.3, -0.25) is 4.90 Å². The van der Waals surface area contributed by atoms with Crippen molar-refractivity contribution in [3.63, 3.8) is 0 Å². The van der Waals surface area contributed by atoms with Crippen LogP contribution in [0.15, 0.2) is 12.5 Å². The van der Waals surface area contributed by atoms with Gasteiger partial charge in [0.1, 0.15) is 11.2 Å². The quantitative estimate of drug-likeness (QED) is 0.368. The fraction of sp³-hybridized carbons (Fsp3) is 0.556. The van der Waals surface area contributed by atoms with Gasteiger partial charge in [-0.05, 0) is 73.6 Å². The van der Waals surface area contributed by atoms with Crippen molar-refractivity contribution in [2.75, 3.05) is 19.8 Å². The number of aryl methyl sites for hydroxylation is 2. The second kappa shape index (κ2) is 8.40. The Hall–Kier alpha value is -2.26. The van der Waals surface area contributed by atoms with Gasteiger partial charge in [-0.1, -0.05) is 13.8 Å². The molecule has 0 spiro atoms. The first-order chi connectivity index (χ1) is 16.8. The summed E-state index contributed by atoms with van der Waals surface area (Å²) in [5.74, 6) is 1.55. The number of H-pyrrole nitrogens is 1. The highest BCUT2D eigenvalue weighted by atomic mass is 32.1. The monoisotopic (exact) mass is 493 g/mol. The van der Waals surface area contributed by atoms with E-state index in [0.29, 0.717) is 23.8 Å². The molecule has 2 fully saturated rings. The summed E-state index contributed by atoms with van der Waals surface area (Å²) in [5, 5.41) is 25.2. The first-order valence-electron chi connectivity index (χ1n) is 12.8. The summed E-state index contributed by atoms with van der Waals surface area (Å²) >= 11 is 1.94. The van der Waals surface area contributed by atoms with Crippen LogP contribution in [-0.2, 0) is 0 Å². The number of pyridine rings is 1. The van der Waals surface area contributed by atoms with Gasteiger partial charge in [0.2, 0.25) is 0 Å². The summed E-state index contributed by atoms with van der Waals surface area (Å²) in [5.41, 5.74) is 8.56. The number of nitrogens with zero attached hydrogens (tertiary/aromatic N) is 4. The minimum absolute atomic E-state index is 0.0330. The van der Waals surface area contributed by atoms with E-state index in [0.717, 1.165) is 18.6 Å². The molecule has 4 aromatic rings. The Bertz CT molecular complexity index is 1410. The Balaban J connectivity index is 1.42. The smallest absolute Gasteiger partial charge is 0.158 e. The van der Waals surface area contributed by atoms with Crippen LogP contribution in [0.3, 0.4) is 0 Å². The number of rotatable bonds is 6. The topological polar surface area (TPSA) is 89.7 Å². The molecule has 1 saturated heterocycles. The van der Waals surface area contributed by atoms with Crippen LogP contribution in [0.4, 0.5) is 0 Å². The third-order valence-corrected chi connectivity index (χ3v) is 10.1. The molecule has 6 rings (SSSR count). The molecule has 8 heteroatoms. The lowest BCUT2D eigenvalue weighted by Gasteiger charge is -2.35. The number of nitrogens with one attached hydrogen (secondary N) is 1. The maximum Gasteiger partial charge on any atom is 0.158 e. The Kier molecular flexibility index (Phi) is 5.56. The zero-order valence-electron chi connectivity index (χ0n) is 21.2. The van der Waals surface area contributed by atoms with Crippen LogP contribution in [0.2, 0.25) is 0 Å².